The summed E-state index contributed by atoms with van der Waals surface area (Å²) in [5, 5.41) is 0. The molecule has 0 bridgehead atoms. The maximum Gasteiger partial charge on any atom is 0.378 e. The third-order valence-electron chi connectivity index (χ3n) is 3.53. The van der Waals surface area contributed by atoms with E-state index in [1.54, 1.807) is 0 Å². The summed E-state index contributed by atoms with van der Waals surface area (Å²) < 4.78 is 107. The molecule has 0 saturated heterocycles. The summed E-state index contributed by atoms with van der Waals surface area (Å²) in [5.74, 6) is -24.5. The number of halogens is 8. The van der Waals surface area contributed by atoms with Crippen LogP contribution in [-0.2, 0) is 20.1 Å². The average molecular weight is 550 g/mol. The summed E-state index contributed by atoms with van der Waals surface area (Å²) in [6.07, 6.45) is 1.19. The van der Waals surface area contributed by atoms with E-state index < -0.39 is 40.7 Å². The van der Waals surface area contributed by atoms with Crippen LogP contribution in [0.15, 0.2) is 12.3 Å². The molecule has 0 amide bonds. The molecule has 0 saturated carbocycles. The van der Waals surface area contributed by atoms with Crippen LogP contribution in [0, 0.1) is 13.0 Å². The zero-order chi connectivity index (χ0) is 18.7. The van der Waals surface area contributed by atoms with Crippen LogP contribution in [0.5, 0.6) is 0 Å². The SMILES string of the molecule is CC(=O)c1cnc(C2=[C-]C(F)(F)C(F)(F)C(F)(F)C2(F)F)cc1C.[Ir]. The zero-order valence-electron chi connectivity index (χ0n) is 12.4. The Bertz CT molecular complexity index is 744. The van der Waals surface area contributed by atoms with Crippen molar-refractivity contribution in [2.75, 3.05) is 0 Å². The van der Waals surface area contributed by atoms with Gasteiger partial charge in [-0.15, -0.1) is 11.6 Å². The molecule has 1 aliphatic rings. The molecule has 0 atom stereocenters. The molecule has 1 aromatic heterocycles. The third-order valence-corrected chi connectivity index (χ3v) is 3.53. The number of rotatable bonds is 2. The molecular formula is C14H8F8IrNO-. The maximum absolute atomic E-state index is 13.8. The molecule has 2 rings (SSSR count). The van der Waals surface area contributed by atoms with E-state index in [4.69, 9.17) is 0 Å². The summed E-state index contributed by atoms with van der Waals surface area (Å²) in [6.45, 7) is 2.32. The van der Waals surface area contributed by atoms with Crippen LogP contribution in [0.3, 0.4) is 0 Å². The van der Waals surface area contributed by atoms with E-state index in [0.29, 0.717) is 18.3 Å². The maximum atomic E-state index is 13.8. The monoisotopic (exact) mass is 551 g/mol. The van der Waals surface area contributed by atoms with Crippen molar-refractivity contribution >= 4 is 11.4 Å². The Morgan fingerprint density at radius 1 is 1.04 bits per heavy atom. The van der Waals surface area contributed by atoms with Gasteiger partial charge in [-0.2, -0.15) is 32.4 Å². The Balaban J connectivity index is 0.00000312. The van der Waals surface area contributed by atoms with Gasteiger partial charge in [-0.25, -0.2) is 8.78 Å². The Morgan fingerprint density at radius 2 is 1.56 bits per heavy atom. The topological polar surface area (TPSA) is 30.0 Å². The van der Waals surface area contributed by atoms with Crippen molar-refractivity contribution in [2.45, 2.75) is 37.5 Å². The number of hydrogen-bond acceptors (Lipinski definition) is 2. The number of alkyl halides is 8. The summed E-state index contributed by atoms with van der Waals surface area (Å²) in [6, 6.07) is 0.655. The fraction of sp³-hybridized carbons (Fsp3) is 0.429. The minimum Gasteiger partial charge on any atom is -0.350 e. The van der Waals surface area contributed by atoms with Crippen molar-refractivity contribution in [3.8, 4) is 0 Å². The molecule has 0 fully saturated rings. The van der Waals surface area contributed by atoms with Crippen LogP contribution >= 0.6 is 0 Å². The van der Waals surface area contributed by atoms with E-state index in [9.17, 15) is 39.9 Å². The summed E-state index contributed by atoms with van der Waals surface area (Å²) in [7, 11) is 0. The van der Waals surface area contributed by atoms with Gasteiger partial charge in [-0.05, 0) is 13.8 Å². The molecule has 0 aromatic carbocycles. The first-order chi connectivity index (χ1) is 10.7. The van der Waals surface area contributed by atoms with Crippen molar-refractivity contribution in [3.63, 3.8) is 0 Å². The smallest absolute Gasteiger partial charge is 0.350 e. The van der Waals surface area contributed by atoms with Gasteiger partial charge in [0, 0.05) is 31.9 Å². The number of aryl methyl sites for hydroxylation is 1. The van der Waals surface area contributed by atoms with Crippen LogP contribution in [0.4, 0.5) is 35.1 Å². The standard InChI is InChI=1S/C14H8F8NO.Ir/c1-6-3-10(23-5-8(6)7(2)24)9-4-11(15,16)13(19,20)14(21,22)12(9,17)18;/h3,5H,1-2H3;/q-1;. The van der Waals surface area contributed by atoms with E-state index in [1.165, 1.54) is 6.92 Å². The number of ketones is 1. The van der Waals surface area contributed by atoms with Crippen molar-refractivity contribution in [2.24, 2.45) is 0 Å². The number of carbonyl (C=O) groups is 1. The first-order valence-corrected chi connectivity index (χ1v) is 6.31. The molecule has 25 heavy (non-hydrogen) atoms. The van der Waals surface area contributed by atoms with Crippen LogP contribution in [0.1, 0.15) is 28.5 Å². The van der Waals surface area contributed by atoms with Crippen molar-refractivity contribution in [3.05, 3.63) is 35.2 Å². The summed E-state index contributed by atoms with van der Waals surface area (Å²) >= 11 is 0. The molecule has 11 heteroatoms. The molecule has 1 heterocycles. The van der Waals surface area contributed by atoms with E-state index >= 15 is 0 Å². The van der Waals surface area contributed by atoms with Gasteiger partial charge in [0.05, 0.1) is 0 Å². The van der Waals surface area contributed by atoms with E-state index in [1.807, 2.05) is 0 Å². The molecular weight excluding hydrogens is 542 g/mol. The molecule has 0 aliphatic heterocycles. The number of nitrogens with zero attached hydrogens (tertiary/aromatic N) is 1. The van der Waals surface area contributed by atoms with E-state index in [-0.39, 0.29) is 31.2 Å². The van der Waals surface area contributed by atoms with Crippen LogP contribution in [0.2, 0.25) is 0 Å². The van der Waals surface area contributed by atoms with Gasteiger partial charge < -0.3 is 4.98 Å². The minimum absolute atomic E-state index is 0. The second-order valence-electron chi connectivity index (χ2n) is 5.24. The molecule has 2 nitrogen and oxygen atoms in total. The van der Waals surface area contributed by atoms with E-state index in [2.05, 4.69) is 4.98 Å². The fourth-order valence-corrected chi connectivity index (χ4v) is 2.15. The van der Waals surface area contributed by atoms with Gasteiger partial charge in [0.1, 0.15) is 0 Å². The number of pyridine rings is 1. The van der Waals surface area contributed by atoms with Crippen molar-refractivity contribution in [1.82, 2.24) is 4.98 Å². The second kappa shape index (κ2) is 6.12. The van der Waals surface area contributed by atoms with Crippen LogP contribution in [-0.4, -0.2) is 34.5 Å². The minimum atomic E-state index is -6.36. The number of aromatic nitrogens is 1. The van der Waals surface area contributed by atoms with E-state index in [0.717, 1.165) is 6.92 Å². The molecule has 1 radical (unpaired) electrons. The summed E-state index contributed by atoms with van der Waals surface area (Å²) in [5.41, 5.74) is -3.34. The average Bonchev–Trinajstić information content (AvgIpc) is 2.42. The van der Waals surface area contributed by atoms with Gasteiger partial charge >= 0.3 is 17.8 Å². The Morgan fingerprint density at radius 3 is 2.00 bits per heavy atom. The largest absolute Gasteiger partial charge is 0.378 e. The molecule has 0 N–H and O–H groups in total. The van der Waals surface area contributed by atoms with Crippen LogP contribution < -0.4 is 0 Å². The van der Waals surface area contributed by atoms with Gasteiger partial charge in [0.2, 0.25) is 0 Å². The van der Waals surface area contributed by atoms with Gasteiger partial charge in [0.15, 0.2) is 5.78 Å². The number of allylic oxidation sites excluding steroid dienone is 2. The predicted molar refractivity (Wildman–Crippen MR) is 65.4 cm³/mol. The molecule has 0 unspecified atom stereocenters. The fourth-order valence-electron chi connectivity index (χ4n) is 2.15. The molecule has 1 aliphatic carbocycles. The molecule has 0 spiro atoms. The number of hydrogen-bond donors (Lipinski definition) is 0. The normalized spacial score (nSPS) is 22.6. The summed E-state index contributed by atoms with van der Waals surface area (Å²) in [4.78, 5) is 14.5. The van der Waals surface area contributed by atoms with Crippen molar-refractivity contribution in [1.29, 1.82) is 0 Å². The Labute approximate surface area is 149 Å². The third kappa shape index (κ3) is 2.91. The molecule has 141 valence electrons. The van der Waals surface area contributed by atoms with Crippen molar-refractivity contribution < 1.29 is 60.0 Å². The zero-order valence-corrected chi connectivity index (χ0v) is 14.8. The van der Waals surface area contributed by atoms with Gasteiger partial charge in [-0.3, -0.25) is 4.79 Å². The van der Waals surface area contributed by atoms with Crippen LogP contribution in [0.25, 0.3) is 5.57 Å². The number of Topliss-reactive ketones (excluding diaryl/α,β-unsaturated/α-hetero) is 1. The first kappa shape index (κ1) is 21.7. The Hall–Kier alpha value is -1.35. The predicted octanol–water partition coefficient (Wildman–Crippen LogP) is 4.33. The second-order valence-corrected chi connectivity index (χ2v) is 5.24. The van der Waals surface area contributed by atoms with Gasteiger partial charge in [0.25, 0.3) is 5.92 Å². The quantitative estimate of drug-likeness (QED) is 0.312. The first-order valence-electron chi connectivity index (χ1n) is 6.31. The molecule has 1 aromatic rings. The van der Waals surface area contributed by atoms with Gasteiger partial charge in [-0.1, -0.05) is 11.3 Å². The Kier molecular flexibility index (Phi) is 5.31. The number of carbonyl (C=O) groups excluding carboxylic acids is 1.